The number of benzene rings is 2. The van der Waals surface area contributed by atoms with Crippen molar-refractivity contribution in [3.63, 3.8) is 0 Å². The number of hydrogen-bond donors (Lipinski definition) is 1. The molecule has 2 aromatic carbocycles. The van der Waals surface area contributed by atoms with Gasteiger partial charge in [0.25, 0.3) is 0 Å². The fraction of sp³-hybridized carbons (Fsp3) is 0.300. The van der Waals surface area contributed by atoms with Gasteiger partial charge < -0.3 is 9.84 Å². The van der Waals surface area contributed by atoms with Crippen LogP contribution in [0.3, 0.4) is 0 Å². The molecule has 1 aliphatic rings. The Balaban J connectivity index is 1.85. The first-order valence-corrected chi connectivity index (χ1v) is 7.96. The first kappa shape index (κ1) is 14.9. The molecule has 2 heteroatoms. The van der Waals surface area contributed by atoms with Crippen LogP contribution in [0.2, 0.25) is 0 Å². The van der Waals surface area contributed by atoms with Gasteiger partial charge in [-0.15, -0.1) is 0 Å². The molecule has 1 heterocycles. The molecule has 3 rings (SSSR count). The van der Waals surface area contributed by atoms with Gasteiger partial charge in [0, 0.05) is 5.39 Å². The molecule has 2 nitrogen and oxygen atoms in total. The van der Waals surface area contributed by atoms with Crippen molar-refractivity contribution in [3.8, 4) is 5.75 Å². The van der Waals surface area contributed by atoms with Crippen molar-refractivity contribution in [2.75, 3.05) is 6.61 Å². The largest absolute Gasteiger partial charge is 0.507 e. The average Bonchev–Trinajstić information content (AvgIpc) is 3.07. The predicted octanol–water partition coefficient (Wildman–Crippen LogP) is 5.07. The monoisotopic (exact) mass is 294 g/mol. The van der Waals surface area contributed by atoms with E-state index in [9.17, 15) is 5.11 Å². The molecule has 0 bridgehead atoms. The van der Waals surface area contributed by atoms with Gasteiger partial charge in [-0.05, 0) is 36.3 Å². The molecule has 0 saturated heterocycles. The second kappa shape index (κ2) is 6.80. The van der Waals surface area contributed by atoms with Crippen LogP contribution in [0.15, 0.2) is 54.1 Å². The van der Waals surface area contributed by atoms with Gasteiger partial charge in [0.05, 0.1) is 12.7 Å². The first-order valence-electron chi connectivity index (χ1n) is 7.96. The van der Waals surface area contributed by atoms with Crippen molar-refractivity contribution in [1.29, 1.82) is 0 Å². The number of phenolic OH excluding ortho intramolecular Hbond substituents is 1. The van der Waals surface area contributed by atoms with E-state index in [1.54, 1.807) is 6.07 Å². The third-order valence-electron chi connectivity index (χ3n) is 4.26. The fourth-order valence-corrected chi connectivity index (χ4v) is 2.95. The third-order valence-corrected chi connectivity index (χ3v) is 4.26. The van der Waals surface area contributed by atoms with Crippen LogP contribution in [0, 0.1) is 0 Å². The molecule has 1 N–H and O–H groups in total. The molecule has 0 amide bonds. The molecule has 2 aromatic rings. The van der Waals surface area contributed by atoms with Gasteiger partial charge in [-0.1, -0.05) is 61.1 Å². The number of aromatic hydroxyl groups is 1. The standard InChI is InChI=1S/C20H22O2/c1-2-15(9-11-17-6-5-13-22-17)14-16-10-12-20(21)19-8-4-3-7-18(16)19/h3-8,10,12,14,17,21H,2,9,11,13H2,1H3/b15-14+/t17-/m0/s1. The minimum absolute atomic E-state index is 0.270. The van der Waals surface area contributed by atoms with Crippen LogP contribution in [0.5, 0.6) is 5.75 Å². The molecule has 1 atom stereocenters. The molecular formula is C20H22O2. The normalized spacial score (nSPS) is 18.2. The summed E-state index contributed by atoms with van der Waals surface area (Å²) >= 11 is 0. The first-order chi connectivity index (χ1) is 10.8. The van der Waals surface area contributed by atoms with Crippen LogP contribution < -0.4 is 0 Å². The minimum Gasteiger partial charge on any atom is -0.507 e. The highest BCUT2D eigenvalue weighted by Gasteiger charge is 2.10. The highest BCUT2D eigenvalue weighted by atomic mass is 16.5. The van der Waals surface area contributed by atoms with E-state index >= 15 is 0 Å². The Morgan fingerprint density at radius 3 is 2.77 bits per heavy atom. The molecule has 0 fully saturated rings. The lowest BCUT2D eigenvalue weighted by Crippen LogP contribution is -2.04. The van der Waals surface area contributed by atoms with Crippen molar-refractivity contribution in [1.82, 2.24) is 0 Å². The zero-order valence-electron chi connectivity index (χ0n) is 13.0. The molecule has 0 spiro atoms. The Bertz CT molecular complexity index is 713. The number of fused-ring (bicyclic) bond motifs is 1. The van der Waals surface area contributed by atoms with E-state index in [0.717, 1.165) is 36.6 Å². The summed E-state index contributed by atoms with van der Waals surface area (Å²) in [5.74, 6) is 0.343. The van der Waals surface area contributed by atoms with Crippen LogP contribution >= 0.6 is 0 Å². The van der Waals surface area contributed by atoms with Gasteiger partial charge in [0.2, 0.25) is 0 Å². The molecule has 22 heavy (non-hydrogen) atoms. The van der Waals surface area contributed by atoms with E-state index in [1.165, 1.54) is 11.1 Å². The lowest BCUT2D eigenvalue weighted by Gasteiger charge is -2.11. The van der Waals surface area contributed by atoms with Gasteiger partial charge in [0.15, 0.2) is 0 Å². The summed E-state index contributed by atoms with van der Waals surface area (Å²) in [6, 6.07) is 11.8. The van der Waals surface area contributed by atoms with Crippen LogP contribution in [0.4, 0.5) is 0 Å². The molecule has 114 valence electrons. The number of ether oxygens (including phenoxy) is 1. The maximum Gasteiger partial charge on any atom is 0.123 e. The number of phenols is 1. The second-order valence-corrected chi connectivity index (χ2v) is 5.71. The van der Waals surface area contributed by atoms with E-state index in [0.29, 0.717) is 5.75 Å². The summed E-state index contributed by atoms with van der Waals surface area (Å²) in [7, 11) is 0. The summed E-state index contributed by atoms with van der Waals surface area (Å²) in [5, 5.41) is 12.0. The van der Waals surface area contributed by atoms with Crippen LogP contribution in [-0.2, 0) is 4.74 Å². The van der Waals surface area contributed by atoms with E-state index in [2.05, 4.69) is 31.2 Å². The maximum atomic E-state index is 9.99. The summed E-state index contributed by atoms with van der Waals surface area (Å²) < 4.78 is 5.61. The highest BCUT2D eigenvalue weighted by Crippen LogP contribution is 2.29. The van der Waals surface area contributed by atoms with Gasteiger partial charge in [-0.25, -0.2) is 0 Å². The summed E-state index contributed by atoms with van der Waals surface area (Å²) in [4.78, 5) is 0. The van der Waals surface area contributed by atoms with E-state index in [4.69, 9.17) is 4.74 Å². The zero-order valence-corrected chi connectivity index (χ0v) is 13.0. The molecule has 1 aliphatic heterocycles. The molecule has 0 radical (unpaired) electrons. The van der Waals surface area contributed by atoms with Crippen molar-refractivity contribution in [3.05, 3.63) is 59.7 Å². The Kier molecular flexibility index (Phi) is 4.59. The molecular weight excluding hydrogens is 272 g/mol. The van der Waals surface area contributed by atoms with E-state index < -0.39 is 0 Å². The Morgan fingerprint density at radius 2 is 2.05 bits per heavy atom. The van der Waals surface area contributed by atoms with Gasteiger partial charge in [-0.3, -0.25) is 0 Å². The molecule has 0 aliphatic carbocycles. The smallest absolute Gasteiger partial charge is 0.123 e. The maximum absolute atomic E-state index is 9.99. The number of allylic oxidation sites excluding steroid dienone is 1. The lowest BCUT2D eigenvalue weighted by atomic mass is 9.98. The quantitative estimate of drug-likeness (QED) is 0.780. The Morgan fingerprint density at radius 1 is 1.23 bits per heavy atom. The van der Waals surface area contributed by atoms with Crippen LogP contribution in [0.1, 0.15) is 31.7 Å². The van der Waals surface area contributed by atoms with Gasteiger partial charge >= 0.3 is 0 Å². The van der Waals surface area contributed by atoms with Gasteiger partial charge in [0.1, 0.15) is 5.75 Å². The third kappa shape index (κ3) is 3.23. The van der Waals surface area contributed by atoms with E-state index in [-0.39, 0.29) is 6.10 Å². The topological polar surface area (TPSA) is 29.5 Å². The predicted molar refractivity (Wildman–Crippen MR) is 92.0 cm³/mol. The fourth-order valence-electron chi connectivity index (χ4n) is 2.95. The average molecular weight is 294 g/mol. The van der Waals surface area contributed by atoms with Crippen molar-refractivity contribution < 1.29 is 9.84 Å². The van der Waals surface area contributed by atoms with Crippen molar-refractivity contribution in [2.24, 2.45) is 0 Å². The van der Waals surface area contributed by atoms with E-state index in [1.807, 2.05) is 24.3 Å². The molecule has 0 saturated carbocycles. The second-order valence-electron chi connectivity index (χ2n) is 5.71. The summed E-state index contributed by atoms with van der Waals surface area (Å²) in [6.45, 7) is 2.94. The number of hydrogen-bond acceptors (Lipinski definition) is 2. The molecule has 0 unspecified atom stereocenters. The van der Waals surface area contributed by atoms with Crippen LogP contribution in [0.25, 0.3) is 16.8 Å². The van der Waals surface area contributed by atoms with Crippen molar-refractivity contribution in [2.45, 2.75) is 32.3 Å². The minimum atomic E-state index is 0.270. The van der Waals surface area contributed by atoms with Gasteiger partial charge in [-0.2, -0.15) is 0 Å². The lowest BCUT2D eigenvalue weighted by molar-refractivity contribution is 0.121. The molecule has 0 aromatic heterocycles. The Labute approximate surface area is 131 Å². The zero-order chi connectivity index (χ0) is 15.4. The van der Waals surface area contributed by atoms with Crippen LogP contribution in [-0.4, -0.2) is 17.8 Å². The SMILES string of the molecule is CC/C(=C\c1ccc(O)c2ccccc12)CC[C@@H]1C=CCO1. The number of rotatable bonds is 5. The summed E-state index contributed by atoms with van der Waals surface area (Å²) in [5.41, 5.74) is 2.59. The Hall–Kier alpha value is -2.06. The highest BCUT2D eigenvalue weighted by molar-refractivity contribution is 5.94. The van der Waals surface area contributed by atoms with Crippen molar-refractivity contribution >= 4 is 16.8 Å². The summed E-state index contributed by atoms with van der Waals surface area (Å²) in [6.07, 6.45) is 9.89.